The Balaban J connectivity index is 1.45. The van der Waals surface area contributed by atoms with Crippen LogP contribution in [0.5, 0.6) is 11.5 Å². The highest BCUT2D eigenvalue weighted by Gasteiger charge is 2.11. The highest BCUT2D eigenvalue weighted by Crippen LogP contribution is 2.22. The van der Waals surface area contributed by atoms with Crippen LogP contribution in [0.15, 0.2) is 78.9 Å². The summed E-state index contributed by atoms with van der Waals surface area (Å²) in [5.41, 5.74) is 0.762. The van der Waals surface area contributed by atoms with E-state index in [0.717, 1.165) is 0 Å². The van der Waals surface area contributed by atoms with Crippen molar-refractivity contribution in [1.82, 2.24) is 0 Å². The van der Waals surface area contributed by atoms with Crippen molar-refractivity contribution in [1.29, 1.82) is 0 Å². The standard InChI is InChI=1S/C22H18FNO4/c23-20-9-5-4-6-16(20)14-22(26)27-15-21(25)24-17-10-12-19(13-11-17)28-18-7-2-1-3-8-18/h1-13H,14-15H2,(H,24,25). The van der Waals surface area contributed by atoms with Gasteiger partial charge >= 0.3 is 5.97 Å². The fourth-order valence-electron chi connectivity index (χ4n) is 2.42. The zero-order chi connectivity index (χ0) is 19.8. The Morgan fingerprint density at radius 1 is 0.821 bits per heavy atom. The van der Waals surface area contributed by atoms with Gasteiger partial charge in [0.2, 0.25) is 0 Å². The number of para-hydroxylation sites is 1. The highest BCUT2D eigenvalue weighted by atomic mass is 19.1. The van der Waals surface area contributed by atoms with Crippen LogP contribution in [0.2, 0.25) is 0 Å². The number of carbonyl (C=O) groups excluding carboxylic acids is 2. The minimum absolute atomic E-state index is 0.224. The van der Waals surface area contributed by atoms with Crippen LogP contribution in [0, 0.1) is 5.82 Å². The zero-order valence-corrected chi connectivity index (χ0v) is 14.9. The first-order chi connectivity index (χ1) is 13.6. The number of esters is 1. The molecule has 5 nitrogen and oxygen atoms in total. The first kappa shape index (κ1) is 19.1. The number of amides is 1. The molecule has 3 rings (SSSR count). The molecular weight excluding hydrogens is 361 g/mol. The molecule has 3 aromatic rings. The monoisotopic (exact) mass is 379 g/mol. The Hall–Kier alpha value is -3.67. The van der Waals surface area contributed by atoms with Crippen molar-refractivity contribution >= 4 is 17.6 Å². The van der Waals surface area contributed by atoms with Crippen molar-refractivity contribution in [3.8, 4) is 11.5 Å². The lowest BCUT2D eigenvalue weighted by atomic mass is 10.1. The zero-order valence-electron chi connectivity index (χ0n) is 14.9. The van der Waals surface area contributed by atoms with Crippen molar-refractivity contribution in [2.75, 3.05) is 11.9 Å². The van der Waals surface area contributed by atoms with E-state index >= 15 is 0 Å². The highest BCUT2D eigenvalue weighted by molar-refractivity contribution is 5.92. The molecule has 0 aliphatic carbocycles. The van der Waals surface area contributed by atoms with E-state index in [-0.39, 0.29) is 12.0 Å². The normalized spacial score (nSPS) is 10.2. The maximum Gasteiger partial charge on any atom is 0.310 e. The third-order valence-electron chi connectivity index (χ3n) is 3.77. The minimum Gasteiger partial charge on any atom is -0.457 e. The van der Waals surface area contributed by atoms with Crippen LogP contribution in [-0.4, -0.2) is 18.5 Å². The van der Waals surface area contributed by atoms with Gasteiger partial charge in [-0.25, -0.2) is 4.39 Å². The molecule has 0 spiro atoms. The van der Waals surface area contributed by atoms with Crippen molar-refractivity contribution in [3.63, 3.8) is 0 Å². The van der Waals surface area contributed by atoms with E-state index in [0.29, 0.717) is 17.2 Å². The first-order valence-electron chi connectivity index (χ1n) is 8.62. The van der Waals surface area contributed by atoms with Crippen LogP contribution in [0.1, 0.15) is 5.56 Å². The Labute approximate surface area is 161 Å². The van der Waals surface area contributed by atoms with Crippen LogP contribution >= 0.6 is 0 Å². The van der Waals surface area contributed by atoms with Crippen LogP contribution in [-0.2, 0) is 20.7 Å². The molecule has 0 unspecified atom stereocenters. The second kappa shape index (κ2) is 9.32. The lowest BCUT2D eigenvalue weighted by Gasteiger charge is -2.09. The molecule has 0 saturated carbocycles. The molecule has 3 aromatic carbocycles. The third-order valence-corrected chi connectivity index (χ3v) is 3.77. The molecular formula is C22H18FNO4. The largest absolute Gasteiger partial charge is 0.457 e. The van der Waals surface area contributed by atoms with E-state index in [1.807, 2.05) is 30.3 Å². The number of hydrogen-bond acceptors (Lipinski definition) is 4. The molecule has 0 radical (unpaired) electrons. The molecule has 0 atom stereocenters. The molecule has 0 saturated heterocycles. The fraction of sp³-hybridized carbons (Fsp3) is 0.0909. The van der Waals surface area contributed by atoms with Gasteiger partial charge in [-0.05, 0) is 48.0 Å². The molecule has 1 amide bonds. The van der Waals surface area contributed by atoms with Gasteiger partial charge < -0.3 is 14.8 Å². The minimum atomic E-state index is -0.674. The summed E-state index contributed by atoms with van der Waals surface area (Å²) < 4.78 is 24.1. The van der Waals surface area contributed by atoms with Gasteiger partial charge in [0.1, 0.15) is 17.3 Å². The van der Waals surface area contributed by atoms with Crippen molar-refractivity contribution < 1.29 is 23.5 Å². The lowest BCUT2D eigenvalue weighted by molar-refractivity contribution is -0.146. The first-order valence-corrected chi connectivity index (χ1v) is 8.62. The molecule has 1 N–H and O–H groups in total. The summed E-state index contributed by atoms with van der Waals surface area (Å²) in [7, 11) is 0. The number of benzene rings is 3. The Bertz CT molecular complexity index is 942. The Morgan fingerprint density at radius 3 is 2.18 bits per heavy atom. The summed E-state index contributed by atoms with van der Waals surface area (Å²) in [6.45, 7) is -0.449. The van der Waals surface area contributed by atoms with Gasteiger partial charge in [0.05, 0.1) is 6.42 Å². The number of carbonyl (C=O) groups is 2. The van der Waals surface area contributed by atoms with Gasteiger partial charge in [-0.15, -0.1) is 0 Å². The van der Waals surface area contributed by atoms with E-state index in [1.54, 1.807) is 30.3 Å². The van der Waals surface area contributed by atoms with Crippen LogP contribution < -0.4 is 10.1 Å². The predicted molar refractivity (Wildman–Crippen MR) is 103 cm³/mol. The molecule has 0 heterocycles. The van der Waals surface area contributed by atoms with Gasteiger partial charge in [0.25, 0.3) is 5.91 Å². The maximum atomic E-state index is 13.5. The molecule has 0 aliphatic rings. The number of ether oxygens (including phenoxy) is 2. The fourth-order valence-corrected chi connectivity index (χ4v) is 2.42. The second-order valence-corrected chi connectivity index (χ2v) is 5.92. The van der Waals surface area contributed by atoms with Gasteiger partial charge in [0, 0.05) is 5.69 Å². The molecule has 0 bridgehead atoms. The van der Waals surface area contributed by atoms with Crippen molar-refractivity contribution in [3.05, 3.63) is 90.2 Å². The Morgan fingerprint density at radius 2 is 1.46 bits per heavy atom. The molecule has 142 valence electrons. The quantitative estimate of drug-likeness (QED) is 0.620. The average Bonchev–Trinajstić information content (AvgIpc) is 2.70. The maximum absolute atomic E-state index is 13.5. The molecule has 0 fully saturated rings. The van der Waals surface area contributed by atoms with E-state index in [9.17, 15) is 14.0 Å². The predicted octanol–water partition coefficient (Wildman–Crippen LogP) is 4.34. The Kier molecular flexibility index (Phi) is 6.36. The number of rotatable bonds is 7. The summed E-state index contributed by atoms with van der Waals surface area (Å²) in [6, 6.07) is 22.0. The molecule has 6 heteroatoms. The van der Waals surface area contributed by atoms with Gasteiger partial charge in [0.15, 0.2) is 6.61 Å². The second-order valence-electron chi connectivity index (χ2n) is 5.92. The topological polar surface area (TPSA) is 64.6 Å². The summed E-state index contributed by atoms with van der Waals surface area (Å²) in [4.78, 5) is 23.7. The average molecular weight is 379 g/mol. The SMILES string of the molecule is O=C(COC(=O)Cc1ccccc1F)Nc1ccc(Oc2ccccc2)cc1. The van der Waals surface area contributed by atoms with E-state index in [2.05, 4.69) is 5.32 Å². The van der Waals surface area contributed by atoms with E-state index < -0.39 is 24.3 Å². The van der Waals surface area contributed by atoms with Crippen molar-refractivity contribution in [2.24, 2.45) is 0 Å². The van der Waals surface area contributed by atoms with Gasteiger partial charge in [-0.3, -0.25) is 9.59 Å². The van der Waals surface area contributed by atoms with Crippen LogP contribution in [0.25, 0.3) is 0 Å². The number of halogens is 1. The van der Waals surface area contributed by atoms with Gasteiger partial charge in [-0.2, -0.15) is 0 Å². The molecule has 0 aliphatic heterocycles. The van der Waals surface area contributed by atoms with Crippen LogP contribution in [0.4, 0.5) is 10.1 Å². The number of hydrogen-bond donors (Lipinski definition) is 1. The lowest BCUT2D eigenvalue weighted by Crippen LogP contribution is -2.21. The third kappa shape index (κ3) is 5.67. The smallest absolute Gasteiger partial charge is 0.310 e. The summed E-state index contributed by atoms with van der Waals surface area (Å²) >= 11 is 0. The summed E-state index contributed by atoms with van der Waals surface area (Å²) in [5.74, 6) is -0.311. The number of anilines is 1. The van der Waals surface area contributed by atoms with Gasteiger partial charge in [-0.1, -0.05) is 36.4 Å². The van der Waals surface area contributed by atoms with Crippen LogP contribution in [0.3, 0.4) is 0 Å². The summed E-state index contributed by atoms with van der Waals surface area (Å²) in [6.07, 6.45) is -0.231. The molecule has 0 aromatic heterocycles. The number of nitrogens with one attached hydrogen (secondary N) is 1. The van der Waals surface area contributed by atoms with Crippen molar-refractivity contribution in [2.45, 2.75) is 6.42 Å². The van der Waals surface area contributed by atoms with E-state index in [1.165, 1.54) is 18.2 Å². The molecule has 28 heavy (non-hydrogen) atoms. The van der Waals surface area contributed by atoms with E-state index in [4.69, 9.17) is 9.47 Å². The summed E-state index contributed by atoms with van der Waals surface area (Å²) in [5, 5.41) is 2.62.